The molecule has 2 unspecified atom stereocenters. The molecule has 1 aliphatic heterocycles. The van der Waals surface area contributed by atoms with E-state index in [1.807, 2.05) is 11.0 Å². The summed E-state index contributed by atoms with van der Waals surface area (Å²) in [5.41, 5.74) is 2.60. The second-order valence-corrected chi connectivity index (χ2v) is 5.93. The van der Waals surface area contributed by atoms with Gasteiger partial charge >= 0.3 is 0 Å². The van der Waals surface area contributed by atoms with Gasteiger partial charge in [-0.2, -0.15) is 0 Å². The van der Waals surface area contributed by atoms with E-state index in [0.29, 0.717) is 11.8 Å². The number of fused-ring (bicyclic) bond motifs is 1. The predicted octanol–water partition coefficient (Wildman–Crippen LogP) is 3.34. The Morgan fingerprint density at radius 3 is 2.95 bits per heavy atom. The van der Waals surface area contributed by atoms with Gasteiger partial charge in [-0.1, -0.05) is 24.3 Å². The van der Waals surface area contributed by atoms with Crippen molar-refractivity contribution in [1.82, 2.24) is 4.90 Å². The standard InChI is InChI=1S/C16H20ClNO/c17-11-13-7-4-10-18(13)16(19)15-9-3-6-12-5-1-2-8-14(12)15/h1-2,5,8,13,15H,3-4,6-7,9-11H2. The molecule has 1 heterocycles. The molecule has 1 aromatic carbocycles. The van der Waals surface area contributed by atoms with Crippen molar-refractivity contribution in [1.29, 1.82) is 0 Å². The molecule has 2 atom stereocenters. The number of nitrogens with zero attached hydrogens (tertiary/aromatic N) is 1. The van der Waals surface area contributed by atoms with Crippen molar-refractivity contribution in [3.05, 3.63) is 35.4 Å². The van der Waals surface area contributed by atoms with Crippen LogP contribution in [0.2, 0.25) is 0 Å². The van der Waals surface area contributed by atoms with Crippen molar-refractivity contribution < 1.29 is 4.79 Å². The topological polar surface area (TPSA) is 20.3 Å². The van der Waals surface area contributed by atoms with E-state index in [4.69, 9.17) is 11.6 Å². The minimum Gasteiger partial charge on any atom is -0.338 e. The van der Waals surface area contributed by atoms with Crippen molar-refractivity contribution in [2.75, 3.05) is 12.4 Å². The number of alkyl halides is 1. The number of likely N-dealkylation sites (tertiary alicyclic amines) is 1. The van der Waals surface area contributed by atoms with Crippen LogP contribution in [0.3, 0.4) is 0 Å². The van der Waals surface area contributed by atoms with Crippen LogP contribution < -0.4 is 0 Å². The molecule has 1 fully saturated rings. The number of carbonyl (C=O) groups is 1. The minimum absolute atomic E-state index is 0.0637. The van der Waals surface area contributed by atoms with E-state index in [0.717, 1.165) is 38.6 Å². The van der Waals surface area contributed by atoms with Crippen LogP contribution >= 0.6 is 11.6 Å². The van der Waals surface area contributed by atoms with Crippen LogP contribution in [0.1, 0.15) is 42.7 Å². The smallest absolute Gasteiger partial charge is 0.230 e. The highest BCUT2D eigenvalue weighted by molar-refractivity contribution is 6.18. The molecule has 19 heavy (non-hydrogen) atoms. The monoisotopic (exact) mass is 277 g/mol. The second-order valence-electron chi connectivity index (χ2n) is 5.63. The highest BCUT2D eigenvalue weighted by Gasteiger charge is 2.35. The highest BCUT2D eigenvalue weighted by atomic mass is 35.5. The van der Waals surface area contributed by atoms with Crippen LogP contribution in [-0.4, -0.2) is 29.3 Å². The molecule has 0 saturated carbocycles. The van der Waals surface area contributed by atoms with Gasteiger partial charge in [-0.3, -0.25) is 4.79 Å². The number of halogens is 1. The Hall–Kier alpha value is -1.02. The summed E-state index contributed by atoms with van der Waals surface area (Å²) >= 11 is 5.99. The highest BCUT2D eigenvalue weighted by Crippen LogP contribution is 2.34. The molecule has 0 aromatic heterocycles. The van der Waals surface area contributed by atoms with Crippen molar-refractivity contribution in [3.63, 3.8) is 0 Å². The van der Waals surface area contributed by atoms with E-state index in [9.17, 15) is 4.79 Å². The third kappa shape index (κ3) is 2.38. The van der Waals surface area contributed by atoms with Crippen LogP contribution in [0.5, 0.6) is 0 Å². The lowest BCUT2D eigenvalue weighted by atomic mass is 9.82. The number of hydrogen-bond donors (Lipinski definition) is 0. The maximum Gasteiger partial charge on any atom is 0.230 e. The molecule has 1 amide bonds. The van der Waals surface area contributed by atoms with Crippen molar-refractivity contribution in [3.8, 4) is 0 Å². The molecule has 2 aliphatic rings. The average Bonchev–Trinajstić information content (AvgIpc) is 2.94. The Morgan fingerprint density at radius 1 is 1.26 bits per heavy atom. The summed E-state index contributed by atoms with van der Waals surface area (Å²) in [6, 6.07) is 8.67. The number of rotatable bonds is 2. The Morgan fingerprint density at radius 2 is 2.11 bits per heavy atom. The fraction of sp³-hybridized carbons (Fsp3) is 0.562. The second kappa shape index (κ2) is 5.54. The van der Waals surface area contributed by atoms with Crippen LogP contribution in [0.15, 0.2) is 24.3 Å². The molecule has 2 nitrogen and oxygen atoms in total. The zero-order valence-electron chi connectivity index (χ0n) is 11.1. The molecule has 0 bridgehead atoms. The third-order valence-electron chi connectivity index (χ3n) is 4.51. The Bertz CT molecular complexity index is 474. The molecule has 0 radical (unpaired) electrons. The molecule has 0 N–H and O–H groups in total. The van der Waals surface area contributed by atoms with Crippen molar-refractivity contribution in [2.24, 2.45) is 0 Å². The van der Waals surface area contributed by atoms with Gasteiger partial charge < -0.3 is 4.90 Å². The van der Waals surface area contributed by atoms with Gasteiger partial charge in [0.1, 0.15) is 0 Å². The van der Waals surface area contributed by atoms with Crippen molar-refractivity contribution in [2.45, 2.75) is 44.1 Å². The first kappa shape index (κ1) is 13.0. The average molecular weight is 278 g/mol. The number of aryl methyl sites for hydroxylation is 1. The first-order valence-electron chi connectivity index (χ1n) is 7.25. The van der Waals surface area contributed by atoms with Crippen LogP contribution in [0, 0.1) is 0 Å². The molecular formula is C16H20ClNO. The summed E-state index contributed by atoms with van der Waals surface area (Å²) in [5, 5.41) is 0. The van der Waals surface area contributed by atoms with Gasteiger partial charge in [0.25, 0.3) is 0 Å². The first-order chi connectivity index (χ1) is 9.31. The van der Waals surface area contributed by atoms with Gasteiger partial charge in [0.05, 0.1) is 5.92 Å². The van der Waals surface area contributed by atoms with Gasteiger partial charge in [-0.15, -0.1) is 11.6 Å². The SMILES string of the molecule is O=C(C1CCCc2ccccc21)N1CCCC1CCl. The molecular weight excluding hydrogens is 258 g/mol. The van der Waals surface area contributed by atoms with Gasteiger partial charge in [0.15, 0.2) is 0 Å². The molecule has 1 aromatic rings. The van der Waals surface area contributed by atoms with Crippen LogP contribution in [0.4, 0.5) is 0 Å². The number of hydrogen-bond acceptors (Lipinski definition) is 1. The van der Waals surface area contributed by atoms with Gasteiger partial charge in [0.2, 0.25) is 5.91 Å². The molecule has 0 spiro atoms. The summed E-state index contributed by atoms with van der Waals surface area (Å²) in [7, 11) is 0. The normalized spacial score (nSPS) is 26.3. The minimum atomic E-state index is 0.0637. The van der Waals surface area contributed by atoms with E-state index >= 15 is 0 Å². The fourth-order valence-electron chi connectivity index (χ4n) is 3.50. The number of amides is 1. The largest absolute Gasteiger partial charge is 0.338 e. The number of carbonyl (C=O) groups excluding carboxylic acids is 1. The molecule has 102 valence electrons. The van der Waals surface area contributed by atoms with E-state index in [-0.39, 0.29) is 12.0 Å². The molecule has 3 heteroatoms. The third-order valence-corrected chi connectivity index (χ3v) is 4.86. The molecule has 1 aliphatic carbocycles. The Balaban J connectivity index is 1.85. The lowest BCUT2D eigenvalue weighted by molar-refractivity contribution is -0.133. The van der Waals surface area contributed by atoms with Gasteiger partial charge in [0, 0.05) is 18.5 Å². The maximum absolute atomic E-state index is 12.8. The fourth-order valence-corrected chi connectivity index (χ4v) is 3.82. The van der Waals surface area contributed by atoms with E-state index in [1.54, 1.807) is 0 Å². The summed E-state index contributed by atoms with van der Waals surface area (Å²) in [5.74, 6) is 0.934. The maximum atomic E-state index is 12.8. The lowest BCUT2D eigenvalue weighted by Crippen LogP contribution is -2.40. The van der Waals surface area contributed by atoms with Crippen LogP contribution in [0.25, 0.3) is 0 Å². The number of benzene rings is 1. The Labute approximate surface area is 119 Å². The zero-order chi connectivity index (χ0) is 13.2. The Kier molecular flexibility index (Phi) is 3.79. The zero-order valence-corrected chi connectivity index (χ0v) is 11.9. The van der Waals surface area contributed by atoms with Crippen LogP contribution in [-0.2, 0) is 11.2 Å². The molecule has 1 saturated heterocycles. The molecule has 3 rings (SSSR count). The summed E-state index contributed by atoms with van der Waals surface area (Å²) in [6.07, 6.45) is 5.37. The predicted molar refractivity (Wildman–Crippen MR) is 77.6 cm³/mol. The first-order valence-corrected chi connectivity index (χ1v) is 7.79. The summed E-state index contributed by atoms with van der Waals surface area (Å²) in [4.78, 5) is 14.8. The van der Waals surface area contributed by atoms with E-state index < -0.39 is 0 Å². The summed E-state index contributed by atoms with van der Waals surface area (Å²) in [6.45, 7) is 0.884. The van der Waals surface area contributed by atoms with E-state index in [2.05, 4.69) is 18.2 Å². The summed E-state index contributed by atoms with van der Waals surface area (Å²) < 4.78 is 0. The quantitative estimate of drug-likeness (QED) is 0.760. The van der Waals surface area contributed by atoms with Gasteiger partial charge in [-0.25, -0.2) is 0 Å². The lowest BCUT2D eigenvalue weighted by Gasteiger charge is -2.31. The van der Waals surface area contributed by atoms with Gasteiger partial charge in [-0.05, 0) is 43.2 Å². The van der Waals surface area contributed by atoms with Crippen molar-refractivity contribution >= 4 is 17.5 Å². The van der Waals surface area contributed by atoms with E-state index in [1.165, 1.54) is 11.1 Å².